The van der Waals surface area contributed by atoms with Crippen molar-refractivity contribution in [3.63, 3.8) is 0 Å². The van der Waals surface area contributed by atoms with Gasteiger partial charge in [0.15, 0.2) is 0 Å². The van der Waals surface area contributed by atoms with Crippen LogP contribution in [0.25, 0.3) is 0 Å². The molecule has 0 spiro atoms. The third-order valence-corrected chi connectivity index (χ3v) is 2.34. The summed E-state index contributed by atoms with van der Waals surface area (Å²) in [5, 5.41) is 9.30. The molecule has 0 aliphatic rings. The number of hydrogen-bond donors (Lipinski definition) is 1. The molecule has 84 valence electrons. The molecule has 1 aromatic carbocycles. The first kappa shape index (κ1) is 12.4. The van der Waals surface area contributed by atoms with Crippen LogP contribution in [0.3, 0.4) is 0 Å². The minimum absolute atomic E-state index is 0.137. The van der Waals surface area contributed by atoms with E-state index in [1.807, 2.05) is 11.9 Å². The fraction of sp³-hybridized carbons (Fsp3) is 0.455. The Bertz CT molecular complexity index is 330. The number of hydrogen-bond acceptors (Lipinski definition) is 2. The van der Waals surface area contributed by atoms with Crippen molar-refractivity contribution in [2.24, 2.45) is 0 Å². The number of aliphatic hydroxyl groups is 1. The van der Waals surface area contributed by atoms with E-state index in [1.165, 1.54) is 6.07 Å². The van der Waals surface area contributed by atoms with Gasteiger partial charge in [0.25, 0.3) is 0 Å². The summed E-state index contributed by atoms with van der Waals surface area (Å²) in [4.78, 5) is 1.85. The third kappa shape index (κ3) is 3.78. The first-order valence-corrected chi connectivity index (χ1v) is 5.18. The molecule has 0 saturated heterocycles. The van der Waals surface area contributed by atoms with E-state index >= 15 is 0 Å². The average molecular weight is 232 g/mol. The van der Waals surface area contributed by atoms with Gasteiger partial charge in [-0.25, -0.2) is 4.39 Å². The predicted molar refractivity (Wildman–Crippen MR) is 59.4 cm³/mol. The van der Waals surface area contributed by atoms with E-state index in [4.69, 9.17) is 16.7 Å². The summed E-state index contributed by atoms with van der Waals surface area (Å²) in [6.45, 7) is 2.65. The van der Waals surface area contributed by atoms with E-state index in [0.29, 0.717) is 18.7 Å². The Balaban J connectivity index is 2.68. The number of halogens is 2. The molecule has 0 amide bonds. The molecular formula is C11H15ClFNO. The van der Waals surface area contributed by atoms with E-state index in [-0.39, 0.29) is 10.8 Å². The van der Waals surface area contributed by atoms with Crippen LogP contribution in [0.5, 0.6) is 0 Å². The van der Waals surface area contributed by atoms with Crippen LogP contribution in [0.15, 0.2) is 18.2 Å². The topological polar surface area (TPSA) is 23.5 Å². The van der Waals surface area contributed by atoms with Crippen LogP contribution in [0.1, 0.15) is 12.5 Å². The second-order valence-electron chi connectivity index (χ2n) is 3.76. The van der Waals surface area contributed by atoms with Gasteiger partial charge in [0.2, 0.25) is 0 Å². The molecule has 1 atom stereocenters. The molecule has 0 fully saturated rings. The van der Waals surface area contributed by atoms with Crippen LogP contribution < -0.4 is 0 Å². The molecule has 0 aliphatic heterocycles. The molecule has 0 aromatic heterocycles. The van der Waals surface area contributed by atoms with Crippen molar-refractivity contribution in [1.29, 1.82) is 0 Å². The van der Waals surface area contributed by atoms with Crippen LogP contribution >= 0.6 is 11.6 Å². The van der Waals surface area contributed by atoms with Crippen molar-refractivity contribution in [3.8, 4) is 0 Å². The van der Waals surface area contributed by atoms with Crippen molar-refractivity contribution in [2.45, 2.75) is 19.6 Å². The van der Waals surface area contributed by atoms with Gasteiger partial charge < -0.3 is 5.11 Å². The number of benzene rings is 1. The Morgan fingerprint density at radius 2 is 2.20 bits per heavy atom. The first-order valence-electron chi connectivity index (χ1n) is 4.80. The van der Waals surface area contributed by atoms with Gasteiger partial charge in [-0.1, -0.05) is 23.7 Å². The highest BCUT2D eigenvalue weighted by atomic mass is 35.5. The molecule has 0 radical (unpaired) electrons. The Morgan fingerprint density at radius 3 is 2.80 bits per heavy atom. The van der Waals surface area contributed by atoms with Gasteiger partial charge >= 0.3 is 0 Å². The smallest absolute Gasteiger partial charge is 0.146 e. The summed E-state index contributed by atoms with van der Waals surface area (Å²) in [5.74, 6) is -0.378. The summed E-state index contributed by atoms with van der Waals surface area (Å²) in [6.07, 6.45) is -0.419. The molecule has 15 heavy (non-hydrogen) atoms. The lowest BCUT2D eigenvalue weighted by atomic mass is 10.2. The van der Waals surface area contributed by atoms with Crippen LogP contribution in [-0.4, -0.2) is 29.7 Å². The van der Waals surface area contributed by atoms with Gasteiger partial charge in [-0.2, -0.15) is 0 Å². The van der Waals surface area contributed by atoms with Crippen LogP contribution in [0.4, 0.5) is 4.39 Å². The van der Waals surface area contributed by atoms with Crippen molar-refractivity contribution in [3.05, 3.63) is 34.6 Å². The highest BCUT2D eigenvalue weighted by molar-refractivity contribution is 6.30. The maximum Gasteiger partial charge on any atom is 0.146 e. The Hall–Kier alpha value is -0.640. The first-order chi connectivity index (χ1) is 7.00. The molecule has 0 aliphatic carbocycles. The number of nitrogens with zero attached hydrogens (tertiary/aromatic N) is 1. The quantitative estimate of drug-likeness (QED) is 0.860. The van der Waals surface area contributed by atoms with Crippen molar-refractivity contribution in [1.82, 2.24) is 4.90 Å². The molecule has 1 aromatic rings. The minimum Gasteiger partial charge on any atom is -0.392 e. The summed E-state index contributed by atoms with van der Waals surface area (Å²) >= 11 is 5.66. The average Bonchev–Trinajstić information content (AvgIpc) is 2.11. The Morgan fingerprint density at radius 1 is 1.53 bits per heavy atom. The highest BCUT2D eigenvalue weighted by Crippen LogP contribution is 2.18. The second kappa shape index (κ2) is 5.45. The van der Waals surface area contributed by atoms with E-state index in [2.05, 4.69) is 0 Å². The van der Waals surface area contributed by atoms with Crippen molar-refractivity contribution >= 4 is 11.6 Å². The third-order valence-electron chi connectivity index (χ3n) is 2.05. The maximum absolute atomic E-state index is 13.5. The zero-order chi connectivity index (χ0) is 11.4. The zero-order valence-corrected chi connectivity index (χ0v) is 9.63. The van der Waals surface area contributed by atoms with Gasteiger partial charge in [0.1, 0.15) is 5.82 Å². The number of rotatable bonds is 4. The lowest BCUT2D eigenvalue weighted by Crippen LogP contribution is -2.27. The second-order valence-corrected chi connectivity index (χ2v) is 4.17. The summed E-state index contributed by atoms with van der Waals surface area (Å²) < 4.78 is 13.5. The monoisotopic (exact) mass is 231 g/mol. The van der Waals surface area contributed by atoms with E-state index in [0.717, 1.165) is 0 Å². The lowest BCUT2D eigenvalue weighted by molar-refractivity contribution is 0.138. The predicted octanol–water partition coefficient (Wildman–Crippen LogP) is 2.29. The summed E-state index contributed by atoms with van der Waals surface area (Å²) in [7, 11) is 1.83. The van der Waals surface area contributed by atoms with Gasteiger partial charge in [-0.3, -0.25) is 4.90 Å². The van der Waals surface area contributed by atoms with E-state index in [1.54, 1.807) is 19.1 Å². The fourth-order valence-electron chi connectivity index (χ4n) is 1.48. The SMILES string of the molecule is C[C@@H](O)CN(C)Cc1cccc(Cl)c1F. The molecule has 1 N–H and O–H groups in total. The molecule has 4 heteroatoms. The standard InChI is InChI=1S/C11H15ClFNO/c1-8(15)6-14(2)7-9-4-3-5-10(12)11(9)13/h3-5,8,15H,6-7H2,1-2H3/t8-/m1/s1. The largest absolute Gasteiger partial charge is 0.392 e. The molecule has 0 bridgehead atoms. The normalized spacial score (nSPS) is 13.2. The van der Waals surface area contributed by atoms with Crippen LogP contribution in [0, 0.1) is 5.82 Å². The summed E-state index contributed by atoms with van der Waals surface area (Å²) in [6, 6.07) is 4.94. The molecule has 1 rings (SSSR count). The highest BCUT2D eigenvalue weighted by Gasteiger charge is 2.09. The molecule has 0 heterocycles. The maximum atomic E-state index is 13.5. The minimum atomic E-state index is -0.419. The Kier molecular flexibility index (Phi) is 4.51. The van der Waals surface area contributed by atoms with Gasteiger partial charge in [0, 0.05) is 18.7 Å². The number of likely N-dealkylation sites (N-methyl/N-ethyl adjacent to an activating group) is 1. The molecular weight excluding hydrogens is 217 g/mol. The van der Waals surface area contributed by atoms with Crippen LogP contribution in [-0.2, 0) is 6.54 Å². The molecule has 0 saturated carbocycles. The van der Waals surface area contributed by atoms with E-state index in [9.17, 15) is 4.39 Å². The van der Waals surface area contributed by atoms with E-state index < -0.39 is 6.10 Å². The zero-order valence-electron chi connectivity index (χ0n) is 8.87. The van der Waals surface area contributed by atoms with Crippen molar-refractivity contribution in [2.75, 3.05) is 13.6 Å². The van der Waals surface area contributed by atoms with Crippen LogP contribution in [0.2, 0.25) is 5.02 Å². The summed E-state index contributed by atoms with van der Waals surface area (Å²) in [5.41, 5.74) is 0.547. The molecule has 2 nitrogen and oxygen atoms in total. The fourth-order valence-corrected chi connectivity index (χ4v) is 1.67. The Labute approximate surface area is 94.3 Å². The van der Waals surface area contributed by atoms with Gasteiger partial charge in [-0.15, -0.1) is 0 Å². The van der Waals surface area contributed by atoms with Gasteiger partial charge in [0.05, 0.1) is 11.1 Å². The van der Waals surface area contributed by atoms with Crippen molar-refractivity contribution < 1.29 is 9.50 Å². The number of aliphatic hydroxyl groups excluding tert-OH is 1. The lowest BCUT2D eigenvalue weighted by Gasteiger charge is -2.18. The molecule has 0 unspecified atom stereocenters. The van der Waals surface area contributed by atoms with Gasteiger partial charge in [-0.05, 0) is 20.0 Å².